The number of amides is 1. The van der Waals surface area contributed by atoms with Crippen LogP contribution in [0.15, 0.2) is 45.3 Å². The number of carbonyl (C=O) groups excluding carboxylic acids is 1. The topological polar surface area (TPSA) is 29.1 Å². The number of carbonyl (C=O) groups is 1. The van der Waals surface area contributed by atoms with E-state index in [9.17, 15) is 13.6 Å². The Hall–Kier alpha value is -1.27. The van der Waals surface area contributed by atoms with Gasteiger partial charge < -0.3 is 5.32 Å². The molecule has 104 valence electrons. The minimum Gasteiger partial charge on any atom is -0.348 e. The lowest BCUT2D eigenvalue weighted by molar-refractivity contribution is 0.0946. The van der Waals surface area contributed by atoms with Gasteiger partial charge in [-0.05, 0) is 42.0 Å². The molecule has 0 aliphatic carbocycles. The predicted molar refractivity (Wildman–Crippen MR) is 79.4 cm³/mol. The lowest BCUT2D eigenvalue weighted by Gasteiger charge is -2.08. The molecule has 0 aliphatic rings. The molecule has 0 heterocycles. The molecule has 2 nitrogen and oxygen atoms in total. The van der Waals surface area contributed by atoms with Crippen LogP contribution in [0.5, 0.6) is 0 Å². The molecule has 2 aromatic rings. The van der Waals surface area contributed by atoms with Crippen LogP contribution in [0.3, 0.4) is 0 Å². The summed E-state index contributed by atoms with van der Waals surface area (Å²) in [4.78, 5) is 11.9. The van der Waals surface area contributed by atoms with Gasteiger partial charge in [0.2, 0.25) is 0 Å². The maximum Gasteiger partial charge on any atom is 0.254 e. The Morgan fingerprint density at radius 2 is 1.85 bits per heavy atom. The van der Waals surface area contributed by atoms with E-state index < -0.39 is 17.5 Å². The monoisotopic (exact) mass is 403 g/mol. The van der Waals surface area contributed by atoms with Crippen molar-refractivity contribution in [2.24, 2.45) is 0 Å². The van der Waals surface area contributed by atoms with Crippen molar-refractivity contribution in [1.82, 2.24) is 5.32 Å². The Bertz CT molecular complexity index is 662. The van der Waals surface area contributed by atoms with Crippen LogP contribution in [0.25, 0.3) is 0 Å². The number of nitrogens with one attached hydrogen (secondary N) is 1. The van der Waals surface area contributed by atoms with E-state index in [4.69, 9.17) is 0 Å². The van der Waals surface area contributed by atoms with Gasteiger partial charge in [-0.2, -0.15) is 0 Å². The molecule has 0 atom stereocenters. The van der Waals surface area contributed by atoms with Crippen LogP contribution in [-0.2, 0) is 6.54 Å². The van der Waals surface area contributed by atoms with Crippen LogP contribution < -0.4 is 5.32 Å². The normalized spacial score (nSPS) is 10.4. The van der Waals surface area contributed by atoms with Crippen LogP contribution in [-0.4, -0.2) is 5.91 Å². The summed E-state index contributed by atoms with van der Waals surface area (Å²) in [7, 11) is 0. The second-order valence-corrected chi connectivity index (χ2v) is 5.81. The minimum atomic E-state index is -0.616. The summed E-state index contributed by atoms with van der Waals surface area (Å²) in [6.45, 7) is 0.104. The van der Waals surface area contributed by atoms with Gasteiger partial charge in [-0.15, -0.1) is 0 Å². The lowest BCUT2D eigenvalue weighted by atomic mass is 10.2. The second-order valence-electron chi connectivity index (χ2n) is 4.04. The van der Waals surface area contributed by atoms with E-state index in [-0.39, 0.29) is 12.1 Å². The molecule has 0 radical (unpaired) electrons. The van der Waals surface area contributed by atoms with E-state index in [2.05, 4.69) is 37.2 Å². The molecule has 2 aromatic carbocycles. The Labute approximate surface area is 131 Å². The van der Waals surface area contributed by atoms with Crippen LogP contribution >= 0.6 is 31.9 Å². The smallest absolute Gasteiger partial charge is 0.254 e. The fourth-order valence-corrected chi connectivity index (χ4v) is 2.34. The first-order chi connectivity index (χ1) is 9.47. The first-order valence-corrected chi connectivity index (χ1v) is 7.23. The fourth-order valence-electron chi connectivity index (χ4n) is 1.62. The molecule has 1 N–H and O–H groups in total. The molecule has 0 aliphatic heterocycles. The molecule has 1 amide bonds. The van der Waals surface area contributed by atoms with Crippen molar-refractivity contribution in [3.8, 4) is 0 Å². The summed E-state index contributed by atoms with van der Waals surface area (Å²) >= 11 is 6.38. The van der Waals surface area contributed by atoms with Crippen LogP contribution in [0, 0.1) is 11.6 Å². The number of halogens is 4. The molecule has 20 heavy (non-hydrogen) atoms. The predicted octanol–water partition coefficient (Wildman–Crippen LogP) is 4.42. The Kier molecular flexibility index (Phi) is 4.88. The molecule has 0 aromatic heterocycles. The average molecular weight is 405 g/mol. The third-order valence-corrected chi connectivity index (χ3v) is 3.89. The van der Waals surface area contributed by atoms with Gasteiger partial charge in [0.15, 0.2) is 0 Å². The summed E-state index contributed by atoms with van der Waals surface area (Å²) in [5, 5.41) is 2.55. The zero-order chi connectivity index (χ0) is 14.7. The van der Waals surface area contributed by atoms with Gasteiger partial charge in [0.05, 0.1) is 5.56 Å². The first kappa shape index (κ1) is 15.1. The highest BCUT2D eigenvalue weighted by atomic mass is 79.9. The van der Waals surface area contributed by atoms with E-state index >= 15 is 0 Å². The molecular formula is C14H9Br2F2NO. The van der Waals surface area contributed by atoms with Gasteiger partial charge in [0, 0.05) is 15.5 Å². The zero-order valence-corrected chi connectivity index (χ0v) is 13.3. The van der Waals surface area contributed by atoms with Gasteiger partial charge >= 0.3 is 0 Å². The van der Waals surface area contributed by atoms with E-state index in [0.29, 0.717) is 14.5 Å². The highest BCUT2D eigenvalue weighted by Crippen LogP contribution is 2.18. The highest BCUT2D eigenvalue weighted by Gasteiger charge is 2.12. The molecule has 0 saturated heterocycles. The van der Waals surface area contributed by atoms with Crippen molar-refractivity contribution < 1.29 is 13.6 Å². The summed E-state index contributed by atoms with van der Waals surface area (Å²) < 4.78 is 27.9. The summed E-state index contributed by atoms with van der Waals surface area (Å²) in [6, 6.07) is 8.35. The zero-order valence-electron chi connectivity index (χ0n) is 10.1. The largest absolute Gasteiger partial charge is 0.348 e. The molecule has 0 bridgehead atoms. The van der Waals surface area contributed by atoms with E-state index in [1.54, 1.807) is 12.1 Å². The van der Waals surface area contributed by atoms with Crippen LogP contribution in [0.2, 0.25) is 0 Å². The SMILES string of the molecule is O=C(NCc1cc(F)ccc1Br)c1ccc(Br)cc1F. The standard InChI is InChI=1S/C14H9Br2F2NO/c15-9-1-3-11(13(18)6-9)14(20)19-7-8-5-10(17)2-4-12(8)16/h1-6H,7H2,(H,19,20). The van der Waals surface area contributed by atoms with Crippen molar-refractivity contribution in [2.75, 3.05) is 0 Å². The summed E-state index contributed by atoms with van der Waals surface area (Å²) in [5.74, 6) is -1.56. The molecule has 0 unspecified atom stereocenters. The molecular weight excluding hydrogens is 396 g/mol. The van der Waals surface area contributed by atoms with Crippen molar-refractivity contribution in [2.45, 2.75) is 6.54 Å². The van der Waals surface area contributed by atoms with E-state index in [0.717, 1.165) is 0 Å². The summed E-state index contributed by atoms with van der Waals surface area (Å²) in [6.07, 6.45) is 0. The van der Waals surface area contributed by atoms with E-state index in [1.165, 1.54) is 24.3 Å². The Morgan fingerprint density at radius 1 is 1.10 bits per heavy atom. The maximum atomic E-state index is 13.6. The molecule has 0 saturated carbocycles. The van der Waals surface area contributed by atoms with E-state index in [1.807, 2.05) is 0 Å². The van der Waals surface area contributed by atoms with Gasteiger partial charge in [0.1, 0.15) is 11.6 Å². The van der Waals surface area contributed by atoms with Crippen LogP contribution in [0.4, 0.5) is 8.78 Å². The number of hydrogen-bond acceptors (Lipinski definition) is 1. The lowest BCUT2D eigenvalue weighted by Crippen LogP contribution is -2.24. The third-order valence-electron chi connectivity index (χ3n) is 2.62. The van der Waals surface area contributed by atoms with Gasteiger partial charge in [0.25, 0.3) is 5.91 Å². The Balaban J connectivity index is 2.10. The van der Waals surface area contributed by atoms with Gasteiger partial charge in [-0.1, -0.05) is 31.9 Å². The second kappa shape index (κ2) is 6.45. The molecule has 0 fully saturated rings. The highest BCUT2D eigenvalue weighted by molar-refractivity contribution is 9.10. The third kappa shape index (κ3) is 3.64. The average Bonchev–Trinajstić information content (AvgIpc) is 2.39. The van der Waals surface area contributed by atoms with Crippen LogP contribution in [0.1, 0.15) is 15.9 Å². The summed E-state index contributed by atoms with van der Waals surface area (Å²) in [5.41, 5.74) is 0.525. The van der Waals surface area contributed by atoms with Crippen molar-refractivity contribution in [1.29, 1.82) is 0 Å². The van der Waals surface area contributed by atoms with Crippen molar-refractivity contribution in [3.63, 3.8) is 0 Å². The van der Waals surface area contributed by atoms with Gasteiger partial charge in [-0.25, -0.2) is 8.78 Å². The number of rotatable bonds is 3. The Morgan fingerprint density at radius 3 is 2.55 bits per heavy atom. The maximum absolute atomic E-state index is 13.6. The van der Waals surface area contributed by atoms with Crippen molar-refractivity contribution in [3.05, 3.63) is 68.1 Å². The number of benzene rings is 2. The van der Waals surface area contributed by atoms with Gasteiger partial charge in [-0.3, -0.25) is 4.79 Å². The molecule has 2 rings (SSSR count). The van der Waals surface area contributed by atoms with Crippen molar-refractivity contribution >= 4 is 37.8 Å². The minimum absolute atomic E-state index is 0.0549. The number of hydrogen-bond donors (Lipinski definition) is 1. The quantitative estimate of drug-likeness (QED) is 0.805. The first-order valence-electron chi connectivity index (χ1n) is 5.64. The molecule has 0 spiro atoms. The molecule has 6 heteroatoms. The fraction of sp³-hybridized carbons (Fsp3) is 0.0714.